The van der Waals surface area contributed by atoms with Crippen molar-refractivity contribution in [1.82, 2.24) is 25.0 Å². The van der Waals surface area contributed by atoms with E-state index in [1.54, 1.807) is 11.0 Å². The Morgan fingerprint density at radius 1 is 0.880 bits per heavy atom. The van der Waals surface area contributed by atoms with Gasteiger partial charge < -0.3 is 4.42 Å². The number of thioether (sulfide) groups is 1. The maximum Gasteiger partial charge on any atom is 0.226 e. The fraction of sp³-hybridized carbons (Fsp3) is 0.111. The molecule has 2 heterocycles. The molecule has 0 fully saturated rings. The highest BCUT2D eigenvalue weighted by atomic mass is 32.2. The van der Waals surface area contributed by atoms with E-state index in [2.05, 4.69) is 20.3 Å². The number of nitrogens with zero attached hydrogens (tertiary/aromatic N) is 5. The summed E-state index contributed by atoms with van der Waals surface area (Å²) < 4.78 is 7.44. The molecular formula is C18H15N5OS. The number of hydrogen-bond donors (Lipinski definition) is 0. The van der Waals surface area contributed by atoms with E-state index in [-0.39, 0.29) is 0 Å². The highest BCUT2D eigenvalue weighted by Crippen LogP contribution is 2.19. The molecule has 0 aliphatic heterocycles. The van der Waals surface area contributed by atoms with Crippen molar-refractivity contribution in [3.63, 3.8) is 0 Å². The summed E-state index contributed by atoms with van der Waals surface area (Å²) in [4.78, 5) is 4.31. The molecule has 0 atom stereocenters. The van der Waals surface area contributed by atoms with Gasteiger partial charge in [-0.2, -0.15) is 0 Å². The molecule has 4 aromatic rings. The third kappa shape index (κ3) is 3.95. The van der Waals surface area contributed by atoms with Crippen LogP contribution < -0.4 is 0 Å². The first-order valence-corrected chi connectivity index (χ1v) is 8.80. The van der Waals surface area contributed by atoms with Crippen LogP contribution in [0.4, 0.5) is 0 Å². The van der Waals surface area contributed by atoms with Gasteiger partial charge in [0.05, 0.1) is 17.9 Å². The molecule has 0 N–H and O–H groups in total. The number of rotatable bonds is 6. The van der Waals surface area contributed by atoms with Crippen LogP contribution in [0.25, 0.3) is 5.69 Å². The van der Waals surface area contributed by atoms with Crippen LogP contribution in [0.2, 0.25) is 0 Å². The normalized spacial score (nSPS) is 10.9. The third-order valence-electron chi connectivity index (χ3n) is 3.52. The molecular weight excluding hydrogens is 334 g/mol. The lowest BCUT2D eigenvalue weighted by atomic mass is 10.2. The topological polar surface area (TPSA) is 69.6 Å². The molecule has 0 bridgehead atoms. The summed E-state index contributed by atoms with van der Waals surface area (Å²) in [6.45, 7) is 0. The van der Waals surface area contributed by atoms with Crippen LogP contribution in [0.3, 0.4) is 0 Å². The van der Waals surface area contributed by atoms with Crippen molar-refractivity contribution in [2.24, 2.45) is 0 Å². The van der Waals surface area contributed by atoms with E-state index in [0.29, 0.717) is 29.1 Å². The smallest absolute Gasteiger partial charge is 0.226 e. The number of benzene rings is 2. The first-order valence-electron chi connectivity index (χ1n) is 7.82. The van der Waals surface area contributed by atoms with Crippen LogP contribution in [-0.2, 0) is 12.2 Å². The lowest BCUT2D eigenvalue weighted by Crippen LogP contribution is -1.93. The molecule has 0 saturated carbocycles. The molecule has 0 spiro atoms. The summed E-state index contributed by atoms with van der Waals surface area (Å²) in [5.74, 6) is 1.73. The number of hydrogen-bond acceptors (Lipinski definition) is 6. The average molecular weight is 349 g/mol. The minimum atomic E-state index is 0.542. The quantitative estimate of drug-likeness (QED) is 0.496. The minimum Gasteiger partial charge on any atom is -0.424 e. The Kier molecular flexibility index (Phi) is 4.56. The van der Waals surface area contributed by atoms with Crippen LogP contribution in [0.1, 0.15) is 17.3 Å². The zero-order valence-electron chi connectivity index (χ0n) is 13.3. The zero-order valence-corrected chi connectivity index (χ0v) is 14.1. The van der Waals surface area contributed by atoms with Crippen molar-refractivity contribution in [1.29, 1.82) is 0 Å². The average Bonchev–Trinajstić information content (AvgIpc) is 3.31. The SMILES string of the molecule is c1ccc(Cc2nnc(CSc3ncn(-c4ccccc4)n3)o2)cc1. The Hall–Kier alpha value is -2.93. The molecule has 7 heteroatoms. The van der Waals surface area contributed by atoms with E-state index in [1.807, 2.05) is 60.7 Å². The van der Waals surface area contributed by atoms with Crippen molar-refractivity contribution < 1.29 is 4.42 Å². The Labute approximate surface area is 148 Å². The fourth-order valence-corrected chi connectivity index (χ4v) is 2.97. The zero-order chi connectivity index (χ0) is 16.9. The van der Waals surface area contributed by atoms with Crippen LogP contribution in [-0.4, -0.2) is 25.0 Å². The van der Waals surface area contributed by atoms with Crippen LogP contribution in [0.15, 0.2) is 76.6 Å². The van der Waals surface area contributed by atoms with E-state index in [0.717, 1.165) is 11.3 Å². The standard InChI is InChI=1S/C18H15N5OS/c1-3-7-14(8-4-1)11-16-20-21-17(24-16)12-25-18-19-13-23(22-18)15-9-5-2-6-10-15/h1-10,13H,11-12H2. The van der Waals surface area contributed by atoms with Crippen molar-refractivity contribution in [2.75, 3.05) is 0 Å². The molecule has 0 saturated heterocycles. The molecule has 2 aromatic carbocycles. The first-order chi connectivity index (χ1) is 12.4. The molecule has 25 heavy (non-hydrogen) atoms. The molecule has 0 aliphatic carbocycles. The van der Waals surface area contributed by atoms with Gasteiger partial charge in [0, 0.05) is 0 Å². The minimum absolute atomic E-state index is 0.542. The lowest BCUT2D eigenvalue weighted by molar-refractivity contribution is 0.474. The first kappa shape index (κ1) is 15.6. The van der Waals surface area contributed by atoms with Crippen molar-refractivity contribution >= 4 is 11.8 Å². The van der Waals surface area contributed by atoms with Gasteiger partial charge in [0.2, 0.25) is 16.9 Å². The van der Waals surface area contributed by atoms with E-state index in [4.69, 9.17) is 4.42 Å². The molecule has 0 amide bonds. The summed E-state index contributed by atoms with van der Waals surface area (Å²) in [5.41, 5.74) is 2.12. The van der Waals surface area contributed by atoms with E-state index in [9.17, 15) is 0 Å². The molecule has 124 valence electrons. The summed E-state index contributed by atoms with van der Waals surface area (Å²) in [7, 11) is 0. The second-order valence-corrected chi connectivity index (χ2v) is 6.29. The van der Waals surface area contributed by atoms with Gasteiger partial charge in [-0.1, -0.05) is 60.3 Å². The van der Waals surface area contributed by atoms with E-state index < -0.39 is 0 Å². The summed E-state index contributed by atoms with van der Waals surface area (Å²) >= 11 is 1.47. The van der Waals surface area contributed by atoms with Gasteiger partial charge in [-0.15, -0.1) is 15.3 Å². The molecule has 0 unspecified atom stereocenters. The van der Waals surface area contributed by atoms with Gasteiger partial charge in [-0.25, -0.2) is 9.67 Å². The lowest BCUT2D eigenvalue weighted by Gasteiger charge is -1.97. The highest BCUT2D eigenvalue weighted by molar-refractivity contribution is 7.98. The van der Waals surface area contributed by atoms with Gasteiger partial charge >= 0.3 is 0 Å². The van der Waals surface area contributed by atoms with Crippen molar-refractivity contribution in [3.05, 3.63) is 84.3 Å². The summed E-state index contributed by atoms with van der Waals surface area (Å²) in [6, 6.07) is 19.9. The van der Waals surface area contributed by atoms with Crippen LogP contribution >= 0.6 is 11.8 Å². The maximum absolute atomic E-state index is 5.70. The molecule has 0 aliphatic rings. The van der Waals surface area contributed by atoms with Gasteiger partial charge in [-0.3, -0.25) is 0 Å². The van der Waals surface area contributed by atoms with E-state index >= 15 is 0 Å². The monoisotopic (exact) mass is 349 g/mol. The maximum atomic E-state index is 5.70. The highest BCUT2D eigenvalue weighted by Gasteiger charge is 2.10. The molecule has 2 aromatic heterocycles. The molecule has 6 nitrogen and oxygen atoms in total. The predicted octanol–water partition coefficient (Wildman–Crippen LogP) is 3.53. The van der Waals surface area contributed by atoms with Gasteiger partial charge in [0.1, 0.15) is 6.33 Å². The van der Waals surface area contributed by atoms with Gasteiger partial charge in [0.25, 0.3) is 0 Å². The molecule has 4 rings (SSSR count). The van der Waals surface area contributed by atoms with Gasteiger partial charge in [-0.05, 0) is 17.7 Å². The second-order valence-electron chi connectivity index (χ2n) is 5.35. The number of para-hydroxylation sites is 1. The van der Waals surface area contributed by atoms with E-state index in [1.165, 1.54) is 11.8 Å². The third-order valence-corrected chi connectivity index (χ3v) is 4.36. The van der Waals surface area contributed by atoms with Crippen LogP contribution in [0, 0.1) is 0 Å². The summed E-state index contributed by atoms with van der Waals surface area (Å²) in [5, 5.41) is 13.3. The summed E-state index contributed by atoms with van der Waals surface area (Å²) in [6.07, 6.45) is 2.34. The van der Waals surface area contributed by atoms with Gasteiger partial charge in [0.15, 0.2) is 0 Å². The Morgan fingerprint density at radius 2 is 1.60 bits per heavy atom. The fourth-order valence-electron chi connectivity index (χ4n) is 2.33. The van der Waals surface area contributed by atoms with Crippen molar-refractivity contribution in [2.45, 2.75) is 17.3 Å². The van der Waals surface area contributed by atoms with Crippen molar-refractivity contribution in [3.8, 4) is 5.69 Å². The Morgan fingerprint density at radius 3 is 2.40 bits per heavy atom. The Balaban J connectivity index is 1.37. The Bertz CT molecular complexity index is 936. The largest absolute Gasteiger partial charge is 0.424 e. The second kappa shape index (κ2) is 7.31. The number of aromatic nitrogens is 5. The predicted molar refractivity (Wildman–Crippen MR) is 94.5 cm³/mol. The van der Waals surface area contributed by atoms with Crippen LogP contribution in [0.5, 0.6) is 0 Å². The molecule has 0 radical (unpaired) electrons.